The summed E-state index contributed by atoms with van der Waals surface area (Å²) in [4.78, 5) is 3.13. The van der Waals surface area contributed by atoms with Crippen LogP contribution in [0.2, 0.25) is 0 Å². The van der Waals surface area contributed by atoms with Gasteiger partial charge < -0.3 is 14.4 Å². The summed E-state index contributed by atoms with van der Waals surface area (Å²) in [6.45, 7) is 4.65. The first-order chi connectivity index (χ1) is 12.6. The zero-order valence-corrected chi connectivity index (χ0v) is 16.0. The number of ether oxygens (including phenoxy) is 2. The van der Waals surface area contributed by atoms with Crippen LogP contribution in [0.1, 0.15) is 30.9 Å². The molecule has 0 aromatic heterocycles. The molecule has 5 heteroatoms. The van der Waals surface area contributed by atoms with Gasteiger partial charge in [0.25, 0.3) is 0 Å². The van der Waals surface area contributed by atoms with Crippen LogP contribution in [0.15, 0.2) is 42.5 Å². The van der Waals surface area contributed by atoms with Crippen LogP contribution >= 0.6 is 12.2 Å². The molecule has 3 rings (SSSR count). The van der Waals surface area contributed by atoms with Crippen molar-refractivity contribution in [2.24, 2.45) is 5.92 Å². The van der Waals surface area contributed by atoms with E-state index in [9.17, 15) is 4.39 Å². The van der Waals surface area contributed by atoms with E-state index in [1.807, 2.05) is 18.2 Å². The van der Waals surface area contributed by atoms with Gasteiger partial charge in [0.1, 0.15) is 17.4 Å². The lowest BCUT2D eigenvalue weighted by atomic mass is 9.99. The molecule has 0 unspecified atom stereocenters. The number of likely N-dealkylation sites (tertiary alicyclic amines) is 1. The second-order valence-electron chi connectivity index (χ2n) is 6.76. The summed E-state index contributed by atoms with van der Waals surface area (Å²) in [5.74, 6) is 1.81. The molecule has 0 aliphatic carbocycles. The lowest BCUT2D eigenvalue weighted by molar-refractivity contribution is 0.282. The zero-order chi connectivity index (χ0) is 18.5. The Morgan fingerprint density at radius 3 is 2.46 bits per heavy atom. The standard InChI is InChI=1S/C21H24FNO2S/c1-15-9-11-23(12-10-15)21(26)17-5-8-19(20(13-17)24-2)25-14-16-3-6-18(22)7-4-16/h3-8,13,15H,9-12,14H2,1-2H3. The fourth-order valence-corrected chi connectivity index (χ4v) is 3.37. The van der Waals surface area contributed by atoms with Crippen molar-refractivity contribution in [3.63, 3.8) is 0 Å². The summed E-state index contributed by atoms with van der Waals surface area (Å²) in [5.41, 5.74) is 1.87. The molecule has 2 aromatic rings. The molecule has 26 heavy (non-hydrogen) atoms. The van der Waals surface area contributed by atoms with Crippen LogP contribution in [0.25, 0.3) is 0 Å². The minimum Gasteiger partial charge on any atom is -0.493 e. The molecule has 0 radical (unpaired) electrons. The summed E-state index contributed by atoms with van der Waals surface area (Å²) in [6, 6.07) is 12.1. The van der Waals surface area contributed by atoms with E-state index in [2.05, 4.69) is 11.8 Å². The predicted octanol–water partition coefficient (Wildman–Crippen LogP) is 4.82. The number of piperidine rings is 1. The van der Waals surface area contributed by atoms with Gasteiger partial charge in [-0.3, -0.25) is 0 Å². The number of halogens is 1. The normalized spacial score (nSPS) is 15.0. The van der Waals surface area contributed by atoms with Crippen molar-refractivity contribution in [3.8, 4) is 11.5 Å². The lowest BCUT2D eigenvalue weighted by Gasteiger charge is -2.32. The van der Waals surface area contributed by atoms with E-state index in [1.165, 1.54) is 25.0 Å². The van der Waals surface area contributed by atoms with E-state index in [1.54, 1.807) is 19.2 Å². The molecule has 1 heterocycles. The van der Waals surface area contributed by atoms with Crippen LogP contribution < -0.4 is 9.47 Å². The van der Waals surface area contributed by atoms with E-state index < -0.39 is 0 Å². The van der Waals surface area contributed by atoms with Gasteiger partial charge in [-0.25, -0.2) is 4.39 Å². The Bertz CT molecular complexity index is 755. The summed E-state index contributed by atoms with van der Waals surface area (Å²) in [5, 5.41) is 0. The summed E-state index contributed by atoms with van der Waals surface area (Å²) >= 11 is 5.68. The first-order valence-corrected chi connectivity index (χ1v) is 9.32. The van der Waals surface area contributed by atoms with Crippen LogP contribution in [0.4, 0.5) is 4.39 Å². The fourth-order valence-electron chi connectivity index (χ4n) is 3.06. The number of methoxy groups -OCH3 is 1. The fraction of sp³-hybridized carbons (Fsp3) is 0.381. The predicted molar refractivity (Wildman–Crippen MR) is 105 cm³/mol. The molecule has 1 saturated heterocycles. The third kappa shape index (κ3) is 4.52. The molecule has 0 amide bonds. The molecule has 2 aromatic carbocycles. The van der Waals surface area contributed by atoms with E-state index in [4.69, 9.17) is 21.7 Å². The Balaban J connectivity index is 1.68. The van der Waals surface area contributed by atoms with E-state index in [0.717, 1.165) is 35.1 Å². The highest BCUT2D eigenvalue weighted by molar-refractivity contribution is 7.80. The summed E-state index contributed by atoms with van der Waals surface area (Å²) < 4.78 is 24.3. The van der Waals surface area contributed by atoms with Crippen LogP contribution in [0, 0.1) is 11.7 Å². The van der Waals surface area contributed by atoms with Gasteiger partial charge in [-0.15, -0.1) is 0 Å². The number of benzene rings is 2. The van der Waals surface area contributed by atoms with E-state index >= 15 is 0 Å². The first-order valence-electron chi connectivity index (χ1n) is 8.91. The van der Waals surface area contributed by atoms with Crippen LogP contribution in [-0.2, 0) is 6.61 Å². The Labute approximate surface area is 159 Å². The highest BCUT2D eigenvalue weighted by Gasteiger charge is 2.19. The monoisotopic (exact) mass is 373 g/mol. The number of rotatable bonds is 5. The molecular weight excluding hydrogens is 349 g/mol. The summed E-state index contributed by atoms with van der Waals surface area (Å²) in [7, 11) is 1.62. The first kappa shape index (κ1) is 18.6. The van der Waals surface area contributed by atoms with Crippen LogP contribution in [-0.4, -0.2) is 30.1 Å². The van der Waals surface area contributed by atoms with Crippen molar-refractivity contribution in [1.82, 2.24) is 4.90 Å². The minimum absolute atomic E-state index is 0.253. The van der Waals surface area contributed by atoms with Crippen LogP contribution in [0.5, 0.6) is 11.5 Å². The quantitative estimate of drug-likeness (QED) is 0.701. The molecule has 3 nitrogen and oxygen atoms in total. The average Bonchev–Trinajstić information content (AvgIpc) is 2.67. The van der Waals surface area contributed by atoms with Gasteiger partial charge in [0.05, 0.1) is 7.11 Å². The van der Waals surface area contributed by atoms with Gasteiger partial charge in [0.2, 0.25) is 0 Å². The molecule has 0 atom stereocenters. The number of hydrogen-bond acceptors (Lipinski definition) is 3. The average molecular weight is 373 g/mol. The van der Waals surface area contributed by atoms with Crippen LogP contribution in [0.3, 0.4) is 0 Å². The van der Waals surface area contributed by atoms with Crippen molar-refractivity contribution < 1.29 is 13.9 Å². The number of hydrogen-bond donors (Lipinski definition) is 0. The van der Waals surface area contributed by atoms with Gasteiger partial charge >= 0.3 is 0 Å². The highest BCUT2D eigenvalue weighted by Crippen LogP contribution is 2.30. The topological polar surface area (TPSA) is 21.7 Å². The molecule has 0 N–H and O–H groups in total. The second-order valence-corrected chi connectivity index (χ2v) is 7.14. The Kier molecular flexibility index (Phi) is 6.09. The van der Waals surface area contributed by atoms with Gasteiger partial charge in [-0.1, -0.05) is 31.3 Å². The third-order valence-electron chi connectivity index (χ3n) is 4.79. The molecule has 0 saturated carbocycles. The minimum atomic E-state index is -0.253. The van der Waals surface area contributed by atoms with Gasteiger partial charge in [-0.2, -0.15) is 0 Å². The van der Waals surface area contributed by atoms with E-state index in [0.29, 0.717) is 18.1 Å². The molecule has 138 valence electrons. The zero-order valence-electron chi connectivity index (χ0n) is 15.2. The third-order valence-corrected chi connectivity index (χ3v) is 5.28. The van der Waals surface area contributed by atoms with Gasteiger partial charge in [-0.05, 0) is 54.7 Å². The Hall–Kier alpha value is -2.14. The molecule has 1 fully saturated rings. The SMILES string of the molecule is COc1cc(C(=S)N2CCC(C)CC2)ccc1OCc1ccc(F)cc1. The smallest absolute Gasteiger partial charge is 0.161 e. The maximum atomic E-state index is 13.0. The van der Waals surface area contributed by atoms with Gasteiger partial charge in [0, 0.05) is 18.7 Å². The Morgan fingerprint density at radius 2 is 1.81 bits per heavy atom. The van der Waals surface area contributed by atoms with Gasteiger partial charge in [0.15, 0.2) is 11.5 Å². The number of nitrogens with zero attached hydrogens (tertiary/aromatic N) is 1. The maximum Gasteiger partial charge on any atom is 0.161 e. The summed E-state index contributed by atoms with van der Waals surface area (Å²) in [6.07, 6.45) is 2.35. The van der Waals surface area contributed by atoms with Crippen molar-refractivity contribution in [2.45, 2.75) is 26.4 Å². The van der Waals surface area contributed by atoms with Crippen molar-refractivity contribution >= 4 is 17.2 Å². The van der Waals surface area contributed by atoms with Crippen molar-refractivity contribution in [2.75, 3.05) is 20.2 Å². The second kappa shape index (κ2) is 8.49. The lowest BCUT2D eigenvalue weighted by Crippen LogP contribution is -2.37. The Morgan fingerprint density at radius 1 is 1.12 bits per heavy atom. The molecule has 1 aliphatic rings. The van der Waals surface area contributed by atoms with E-state index in [-0.39, 0.29) is 5.82 Å². The highest BCUT2D eigenvalue weighted by atomic mass is 32.1. The largest absolute Gasteiger partial charge is 0.493 e. The number of thiocarbonyl (C=S) groups is 1. The molecule has 1 aliphatic heterocycles. The maximum absolute atomic E-state index is 13.0. The molecular formula is C21H24FNO2S. The molecule has 0 spiro atoms. The van der Waals surface area contributed by atoms with Crippen molar-refractivity contribution in [1.29, 1.82) is 0 Å². The van der Waals surface area contributed by atoms with Crippen molar-refractivity contribution in [3.05, 3.63) is 59.4 Å². The molecule has 0 bridgehead atoms.